The van der Waals surface area contributed by atoms with Gasteiger partial charge in [-0.05, 0) is 54.6 Å². The van der Waals surface area contributed by atoms with Gasteiger partial charge in [0.25, 0.3) is 0 Å². The molecular weight excluding hydrogens is 559 g/mol. The smallest absolute Gasteiger partial charge is 0.330 e. The SMILES string of the molecule is C=C[C@H](C)C[C@H]1CCC[C@@H](C[C@H]2C/C(=C\C(=O)OC)C[C@@H](CC(=O)O[C@@H](/C=C/I)[C@@H](C)C=C)O2)O1. The van der Waals surface area contributed by atoms with Crippen molar-refractivity contribution in [3.63, 3.8) is 0 Å². The molecule has 2 aliphatic rings. The molecule has 2 rings (SSSR count). The fourth-order valence-corrected chi connectivity index (χ4v) is 5.09. The summed E-state index contributed by atoms with van der Waals surface area (Å²) >= 11 is 2.11. The van der Waals surface area contributed by atoms with Crippen LogP contribution in [0.1, 0.15) is 65.2 Å². The van der Waals surface area contributed by atoms with E-state index in [1.54, 1.807) is 6.08 Å². The van der Waals surface area contributed by atoms with E-state index in [1.807, 2.05) is 23.2 Å². The topological polar surface area (TPSA) is 71.1 Å². The number of carbonyl (C=O) groups excluding carboxylic acids is 2. The van der Waals surface area contributed by atoms with Crippen molar-refractivity contribution in [2.24, 2.45) is 11.8 Å². The van der Waals surface area contributed by atoms with Gasteiger partial charge >= 0.3 is 11.9 Å². The third-order valence-electron chi connectivity index (χ3n) is 6.70. The lowest BCUT2D eigenvalue weighted by Crippen LogP contribution is -2.37. The summed E-state index contributed by atoms with van der Waals surface area (Å²) in [6, 6.07) is 0. The molecule has 0 spiro atoms. The van der Waals surface area contributed by atoms with Crippen LogP contribution in [-0.4, -0.2) is 49.6 Å². The van der Waals surface area contributed by atoms with E-state index in [0.29, 0.717) is 18.8 Å². The maximum absolute atomic E-state index is 12.8. The molecular formula is C28H41IO6. The zero-order chi connectivity index (χ0) is 25.8. The lowest BCUT2D eigenvalue weighted by Gasteiger charge is -2.37. The zero-order valence-electron chi connectivity index (χ0n) is 21.3. The first kappa shape index (κ1) is 29.8. The van der Waals surface area contributed by atoms with E-state index in [-0.39, 0.29) is 54.8 Å². The average Bonchev–Trinajstić information content (AvgIpc) is 2.83. The first-order chi connectivity index (χ1) is 16.8. The fourth-order valence-electron chi connectivity index (χ4n) is 4.69. The molecule has 0 aromatic rings. The van der Waals surface area contributed by atoms with Crippen molar-refractivity contribution in [2.75, 3.05) is 7.11 Å². The van der Waals surface area contributed by atoms with E-state index >= 15 is 0 Å². The van der Waals surface area contributed by atoms with Crippen LogP contribution in [0.5, 0.6) is 0 Å². The minimum absolute atomic E-state index is 0.0000242. The molecule has 0 bridgehead atoms. The number of allylic oxidation sites excluding steroid dienone is 1. The first-order valence-electron chi connectivity index (χ1n) is 12.6. The van der Waals surface area contributed by atoms with E-state index < -0.39 is 0 Å². The highest BCUT2D eigenvalue weighted by molar-refractivity contribution is 14.1. The molecule has 2 aliphatic heterocycles. The second-order valence-corrected chi connectivity index (χ2v) is 10.4. The summed E-state index contributed by atoms with van der Waals surface area (Å²) in [5.74, 6) is -0.292. The fraction of sp³-hybridized carbons (Fsp3) is 0.643. The number of rotatable bonds is 12. The Balaban J connectivity index is 2.04. The van der Waals surface area contributed by atoms with Crippen molar-refractivity contribution in [1.82, 2.24) is 0 Å². The number of halogens is 1. The van der Waals surface area contributed by atoms with Gasteiger partial charge in [0.15, 0.2) is 0 Å². The van der Waals surface area contributed by atoms with E-state index in [0.717, 1.165) is 37.7 Å². The highest BCUT2D eigenvalue weighted by Crippen LogP contribution is 2.33. The number of carbonyl (C=O) groups is 2. The van der Waals surface area contributed by atoms with Crippen LogP contribution in [0.4, 0.5) is 0 Å². The molecule has 0 radical (unpaired) electrons. The van der Waals surface area contributed by atoms with Gasteiger partial charge in [0.1, 0.15) is 6.10 Å². The van der Waals surface area contributed by atoms with Gasteiger partial charge in [0.05, 0.1) is 37.9 Å². The Morgan fingerprint density at radius 1 is 1.09 bits per heavy atom. The molecule has 0 aromatic heterocycles. The predicted molar refractivity (Wildman–Crippen MR) is 146 cm³/mol. The molecule has 2 fully saturated rings. The normalized spacial score (nSPS) is 28.7. The second-order valence-electron chi connectivity index (χ2n) is 9.68. The van der Waals surface area contributed by atoms with E-state index in [4.69, 9.17) is 18.9 Å². The summed E-state index contributed by atoms with van der Waals surface area (Å²) < 4.78 is 25.1. The van der Waals surface area contributed by atoms with Gasteiger partial charge in [-0.25, -0.2) is 4.79 Å². The summed E-state index contributed by atoms with van der Waals surface area (Å²) in [6.45, 7) is 11.8. The van der Waals surface area contributed by atoms with Gasteiger partial charge in [0, 0.05) is 18.4 Å². The van der Waals surface area contributed by atoms with Gasteiger partial charge in [-0.2, -0.15) is 0 Å². The molecule has 0 aromatic carbocycles. The van der Waals surface area contributed by atoms with E-state index in [1.165, 1.54) is 13.2 Å². The van der Waals surface area contributed by atoms with Crippen molar-refractivity contribution in [3.8, 4) is 0 Å². The molecule has 0 saturated carbocycles. The highest BCUT2D eigenvalue weighted by atomic mass is 127. The van der Waals surface area contributed by atoms with Crippen LogP contribution in [0.15, 0.2) is 47.1 Å². The Labute approximate surface area is 224 Å². The Hall–Kier alpha value is -1.45. The number of methoxy groups -OCH3 is 1. The maximum atomic E-state index is 12.8. The number of hydrogen-bond donors (Lipinski definition) is 0. The molecule has 2 saturated heterocycles. The van der Waals surface area contributed by atoms with Crippen molar-refractivity contribution < 1.29 is 28.5 Å². The lowest BCUT2D eigenvalue weighted by molar-refractivity contribution is -0.154. The highest BCUT2D eigenvalue weighted by Gasteiger charge is 2.33. The molecule has 0 aliphatic carbocycles. The Morgan fingerprint density at radius 2 is 1.77 bits per heavy atom. The van der Waals surface area contributed by atoms with E-state index in [9.17, 15) is 9.59 Å². The van der Waals surface area contributed by atoms with Crippen LogP contribution >= 0.6 is 22.6 Å². The number of hydrogen-bond acceptors (Lipinski definition) is 6. The number of ether oxygens (including phenoxy) is 4. The van der Waals surface area contributed by atoms with Crippen molar-refractivity contribution in [2.45, 2.75) is 95.7 Å². The molecule has 7 heteroatoms. The van der Waals surface area contributed by atoms with Crippen LogP contribution in [-0.2, 0) is 28.5 Å². The van der Waals surface area contributed by atoms with Crippen LogP contribution in [0, 0.1) is 11.8 Å². The maximum Gasteiger partial charge on any atom is 0.330 e. The van der Waals surface area contributed by atoms with Crippen LogP contribution in [0.25, 0.3) is 0 Å². The van der Waals surface area contributed by atoms with Gasteiger partial charge in [-0.15, -0.1) is 13.2 Å². The molecule has 6 nitrogen and oxygen atoms in total. The zero-order valence-corrected chi connectivity index (χ0v) is 23.5. The van der Waals surface area contributed by atoms with Gasteiger partial charge in [0.2, 0.25) is 0 Å². The van der Waals surface area contributed by atoms with E-state index in [2.05, 4.69) is 42.7 Å². The molecule has 0 unspecified atom stereocenters. The van der Waals surface area contributed by atoms with Gasteiger partial charge in [-0.1, -0.05) is 54.2 Å². The molecule has 35 heavy (non-hydrogen) atoms. The Morgan fingerprint density at radius 3 is 2.43 bits per heavy atom. The summed E-state index contributed by atoms with van der Waals surface area (Å²) in [5.41, 5.74) is 0.932. The van der Waals surface area contributed by atoms with Crippen LogP contribution in [0.2, 0.25) is 0 Å². The molecule has 196 valence electrons. The van der Waals surface area contributed by atoms with Crippen molar-refractivity contribution in [3.05, 3.63) is 47.1 Å². The summed E-state index contributed by atoms with van der Waals surface area (Å²) in [5, 5.41) is 0. The third-order valence-corrected chi connectivity index (χ3v) is 7.12. The minimum Gasteiger partial charge on any atom is -0.466 e. The first-order valence-corrected chi connectivity index (χ1v) is 13.8. The largest absolute Gasteiger partial charge is 0.466 e. The molecule has 0 N–H and O–H groups in total. The average molecular weight is 601 g/mol. The lowest BCUT2D eigenvalue weighted by atomic mass is 9.90. The van der Waals surface area contributed by atoms with Crippen LogP contribution < -0.4 is 0 Å². The monoisotopic (exact) mass is 600 g/mol. The Bertz CT molecular complexity index is 775. The van der Waals surface area contributed by atoms with Crippen molar-refractivity contribution >= 4 is 34.5 Å². The quantitative estimate of drug-likeness (QED) is 0.114. The third kappa shape index (κ3) is 10.6. The summed E-state index contributed by atoms with van der Waals surface area (Å²) in [6.07, 6.45) is 12.7. The van der Waals surface area contributed by atoms with Crippen LogP contribution in [0.3, 0.4) is 0 Å². The van der Waals surface area contributed by atoms with Gasteiger partial charge < -0.3 is 18.9 Å². The molecule has 7 atom stereocenters. The number of esters is 2. The molecule has 0 amide bonds. The molecule has 2 heterocycles. The van der Waals surface area contributed by atoms with Gasteiger partial charge in [-0.3, -0.25) is 4.79 Å². The standard InChI is InChI=1S/C28H41IO6/c1-6-19(3)13-22-9-8-10-23(33-22)17-24-14-21(16-27(30)32-5)15-25(34-24)18-28(31)35-26(11-12-29)20(4)7-2/h6-7,11-12,16,19-20,22-26H,1-2,8-10,13-15,17-18H2,3-5H3/b12-11+,21-16+/t19-,20-,22+,23-,24+,25-,26-/m0/s1. The Kier molecular flexibility index (Phi) is 13.3. The van der Waals surface area contributed by atoms with Crippen molar-refractivity contribution in [1.29, 1.82) is 0 Å². The predicted octanol–water partition coefficient (Wildman–Crippen LogP) is 6.25. The summed E-state index contributed by atoms with van der Waals surface area (Å²) in [7, 11) is 1.37. The second kappa shape index (κ2) is 15.6. The summed E-state index contributed by atoms with van der Waals surface area (Å²) in [4.78, 5) is 24.7. The minimum atomic E-state index is -0.388.